The molecule has 0 unspecified atom stereocenters. The molecule has 25 heavy (non-hydrogen) atoms. The molecule has 128 valence electrons. The summed E-state index contributed by atoms with van der Waals surface area (Å²) < 4.78 is 18.9. The highest BCUT2D eigenvalue weighted by Gasteiger charge is 2.40. The third-order valence-corrected chi connectivity index (χ3v) is 4.40. The second-order valence-electron chi connectivity index (χ2n) is 6.18. The first kappa shape index (κ1) is 15.6. The molecule has 0 radical (unpaired) electrons. The van der Waals surface area contributed by atoms with Crippen LogP contribution >= 0.6 is 0 Å². The van der Waals surface area contributed by atoms with Gasteiger partial charge in [-0.05, 0) is 37.1 Å². The molecule has 4 rings (SSSR count). The molecule has 0 saturated heterocycles. The van der Waals surface area contributed by atoms with Crippen molar-refractivity contribution in [3.63, 3.8) is 0 Å². The van der Waals surface area contributed by atoms with Gasteiger partial charge < -0.3 is 9.64 Å². The van der Waals surface area contributed by atoms with Gasteiger partial charge in [0.15, 0.2) is 18.2 Å². The van der Waals surface area contributed by atoms with Crippen molar-refractivity contribution in [3.8, 4) is 5.75 Å². The lowest BCUT2D eigenvalue weighted by atomic mass is 10.1. The summed E-state index contributed by atoms with van der Waals surface area (Å²) in [5, 5.41) is 0. The van der Waals surface area contributed by atoms with Crippen LogP contribution in [0.2, 0.25) is 0 Å². The molecule has 2 aromatic carbocycles. The molecule has 1 fully saturated rings. The topological polar surface area (TPSA) is 49.9 Å². The lowest BCUT2D eigenvalue weighted by Gasteiger charge is -2.36. The zero-order valence-electron chi connectivity index (χ0n) is 13.5. The van der Waals surface area contributed by atoms with E-state index in [1.807, 2.05) is 24.3 Å². The van der Waals surface area contributed by atoms with Gasteiger partial charge in [0.05, 0.1) is 11.4 Å². The molecule has 1 aliphatic carbocycles. The van der Waals surface area contributed by atoms with E-state index in [1.54, 1.807) is 17.0 Å². The van der Waals surface area contributed by atoms with Crippen LogP contribution in [0.5, 0.6) is 5.75 Å². The lowest BCUT2D eigenvalue weighted by molar-refractivity contribution is -0.124. The predicted molar refractivity (Wildman–Crippen MR) is 91.2 cm³/mol. The summed E-state index contributed by atoms with van der Waals surface area (Å²) in [6.07, 6.45) is 1.98. The van der Waals surface area contributed by atoms with E-state index in [4.69, 9.17) is 4.74 Å². The van der Waals surface area contributed by atoms with Crippen molar-refractivity contribution >= 4 is 23.2 Å². The minimum absolute atomic E-state index is 0.0204. The molecule has 0 atom stereocenters. The minimum atomic E-state index is -0.523. The monoisotopic (exact) mass is 340 g/mol. The Morgan fingerprint density at radius 3 is 2.48 bits per heavy atom. The van der Waals surface area contributed by atoms with Crippen LogP contribution in [0.15, 0.2) is 48.5 Å². The zero-order valence-corrected chi connectivity index (χ0v) is 13.5. The van der Waals surface area contributed by atoms with Gasteiger partial charge >= 0.3 is 0 Å². The number of carbonyl (C=O) groups is 2. The number of anilines is 2. The molecule has 1 aliphatic heterocycles. The highest BCUT2D eigenvalue weighted by atomic mass is 19.1. The average Bonchev–Trinajstić information content (AvgIpc) is 3.45. The number of amides is 2. The molecule has 2 aliphatic rings. The summed E-state index contributed by atoms with van der Waals surface area (Å²) in [6.45, 7) is -0.348. The second kappa shape index (κ2) is 6.20. The number of hydrogen-bond donors (Lipinski definition) is 0. The standard InChI is InChI=1S/C19H17FN2O3/c20-14-5-1-4-8-17(14)25-12-19(24)21-11-18(23)22(13-9-10-13)16-7-3-2-6-15(16)21/h1-8,13H,9-12H2. The fourth-order valence-corrected chi connectivity index (χ4v) is 3.06. The highest BCUT2D eigenvalue weighted by molar-refractivity contribution is 6.11. The van der Waals surface area contributed by atoms with E-state index in [-0.39, 0.29) is 36.8 Å². The van der Waals surface area contributed by atoms with Gasteiger partial charge in [-0.15, -0.1) is 0 Å². The Bertz CT molecular complexity index is 835. The number of fused-ring (bicyclic) bond motifs is 1. The average molecular weight is 340 g/mol. The van der Waals surface area contributed by atoms with Crippen LogP contribution in [0.4, 0.5) is 15.8 Å². The molecule has 0 N–H and O–H groups in total. The Morgan fingerprint density at radius 2 is 1.76 bits per heavy atom. The summed E-state index contributed by atoms with van der Waals surface area (Å²) in [5.41, 5.74) is 1.44. The van der Waals surface area contributed by atoms with E-state index >= 15 is 0 Å². The molecule has 0 aromatic heterocycles. The van der Waals surface area contributed by atoms with E-state index in [2.05, 4.69) is 0 Å². The Hall–Kier alpha value is -2.89. The number of rotatable bonds is 4. The van der Waals surface area contributed by atoms with Crippen LogP contribution in [0.1, 0.15) is 12.8 Å². The van der Waals surface area contributed by atoms with E-state index < -0.39 is 5.82 Å². The quantitative estimate of drug-likeness (QED) is 0.860. The SMILES string of the molecule is O=C(COc1ccccc1F)N1CC(=O)N(C2CC2)c2ccccc21. The Morgan fingerprint density at radius 1 is 1.08 bits per heavy atom. The van der Waals surface area contributed by atoms with Crippen molar-refractivity contribution in [1.29, 1.82) is 0 Å². The Balaban J connectivity index is 1.55. The molecular weight excluding hydrogens is 323 g/mol. The van der Waals surface area contributed by atoms with E-state index in [0.717, 1.165) is 18.5 Å². The van der Waals surface area contributed by atoms with Gasteiger partial charge in [-0.2, -0.15) is 0 Å². The zero-order chi connectivity index (χ0) is 17.4. The van der Waals surface area contributed by atoms with Crippen molar-refractivity contribution in [3.05, 3.63) is 54.3 Å². The first-order chi connectivity index (χ1) is 12.1. The summed E-state index contributed by atoms with van der Waals surface area (Å²) in [7, 11) is 0. The predicted octanol–water partition coefficient (Wildman–Crippen LogP) is 2.75. The van der Waals surface area contributed by atoms with Gasteiger partial charge in [0, 0.05) is 6.04 Å². The lowest BCUT2D eigenvalue weighted by Crippen LogP contribution is -2.50. The third-order valence-electron chi connectivity index (χ3n) is 4.40. The van der Waals surface area contributed by atoms with Gasteiger partial charge in [-0.1, -0.05) is 24.3 Å². The first-order valence-electron chi connectivity index (χ1n) is 8.24. The maximum Gasteiger partial charge on any atom is 0.265 e. The fourth-order valence-electron chi connectivity index (χ4n) is 3.06. The van der Waals surface area contributed by atoms with Crippen molar-refractivity contribution < 1.29 is 18.7 Å². The number of halogens is 1. The number of para-hydroxylation sites is 3. The number of hydrogen-bond acceptors (Lipinski definition) is 3. The summed E-state index contributed by atoms with van der Waals surface area (Å²) in [5.74, 6) is -0.975. The third kappa shape index (κ3) is 2.95. The molecule has 6 heteroatoms. The van der Waals surface area contributed by atoms with Gasteiger partial charge in [-0.25, -0.2) is 4.39 Å². The second-order valence-corrected chi connectivity index (χ2v) is 6.18. The summed E-state index contributed by atoms with van der Waals surface area (Å²) >= 11 is 0. The van der Waals surface area contributed by atoms with E-state index in [9.17, 15) is 14.0 Å². The van der Waals surface area contributed by atoms with Crippen LogP contribution in [-0.4, -0.2) is 31.0 Å². The maximum absolute atomic E-state index is 13.6. The highest BCUT2D eigenvalue weighted by Crippen LogP contribution is 2.40. The number of benzene rings is 2. The van der Waals surface area contributed by atoms with Gasteiger partial charge in [0.25, 0.3) is 5.91 Å². The van der Waals surface area contributed by atoms with E-state index in [1.165, 1.54) is 17.0 Å². The number of nitrogens with zero attached hydrogens (tertiary/aromatic N) is 2. The minimum Gasteiger partial charge on any atom is -0.481 e. The number of carbonyl (C=O) groups excluding carboxylic acids is 2. The smallest absolute Gasteiger partial charge is 0.265 e. The van der Waals surface area contributed by atoms with Gasteiger partial charge in [0.2, 0.25) is 5.91 Å². The van der Waals surface area contributed by atoms with Gasteiger partial charge in [0.1, 0.15) is 6.54 Å². The van der Waals surface area contributed by atoms with E-state index in [0.29, 0.717) is 5.69 Å². The summed E-state index contributed by atoms with van der Waals surface area (Å²) in [6, 6.07) is 13.5. The van der Waals surface area contributed by atoms with Crippen LogP contribution in [0, 0.1) is 5.82 Å². The van der Waals surface area contributed by atoms with Crippen LogP contribution in [0.25, 0.3) is 0 Å². The molecule has 5 nitrogen and oxygen atoms in total. The largest absolute Gasteiger partial charge is 0.481 e. The first-order valence-corrected chi connectivity index (χ1v) is 8.24. The normalized spacial score (nSPS) is 16.6. The molecule has 1 saturated carbocycles. The Labute approximate surface area is 144 Å². The maximum atomic E-state index is 13.6. The van der Waals surface area contributed by atoms with Crippen LogP contribution < -0.4 is 14.5 Å². The van der Waals surface area contributed by atoms with Crippen molar-refractivity contribution in [2.75, 3.05) is 23.0 Å². The summed E-state index contributed by atoms with van der Waals surface area (Å²) in [4.78, 5) is 28.3. The molecular formula is C19H17FN2O3. The molecule has 0 spiro atoms. The Kier molecular flexibility index (Phi) is 3.87. The van der Waals surface area contributed by atoms with Gasteiger partial charge in [-0.3, -0.25) is 14.5 Å². The molecule has 2 aromatic rings. The molecule has 2 amide bonds. The number of ether oxygens (including phenoxy) is 1. The molecule has 0 bridgehead atoms. The fraction of sp³-hybridized carbons (Fsp3) is 0.263. The molecule has 1 heterocycles. The van der Waals surface area contributed by atoms with Crippen LogP contribution in [0.3, 0.4) is 0 Å². The van der Waals surface area contributed by atoms with Crippen molar-refractivity contribution in [1.82, 2.24) is 0 Å². The van der Waals surface area contributed by atoms with Crippen molar-refractivity contribution in [2.24, 2.45) is 0 Å². The van der Waals surface area contributed by atoms with Crippen LogP contribution in [-0.2, 0) is 9.59 Å². The van der Waals surface area contributed by atoms with Crippen molar-refractivity contribution in [2.45, 2.75) is 18.9 Å².